The molecular formula is C15H18O5S. The Morgan fingerprint density at radius 1 is 1.05 bits per heavy atom. The smallest absolute Gasteiger partial charge is 0.264 e. The summed E-state index contributed by atoms with van der Waals surface area (Å²) < 4.78 is 37.6. The molecule has 0 aromatic heterocycles. The quantitative estimate of drug-likeness (QED) is 0.734. The normalized spacial score (nSPS) is 13.2. The van der Waals surface area contributed by atoms with Crippen LogP contribution in [0.4, 0.5) is 0 Å². The molecule has 0 saturated heterocycles. The summed E-state index contributed by atoms with van der Waals surface area (Å²) in [5.41, 5.74) is 0. The summed E-state index contributed by atoms with van der Waals surface area (Å²) in [5.74, 6) is 0.731. The van der Waals surface area contributed by atoms with Crippen LogP contribution in [0.5, 0.6) is 5.75 Å². The standard InChI is InChI=1S/C15H18O5S/c1-18-13(11-20-21(2,16)17)10-19-15-9-5-7-12-6-3-4-8-14(12)15/h3-9,13H,10-11H2,1-2H3/t13-/m1/s1. The summed E-state index contributed by atoms with van der Waals surface area (Å²) in [6.45, 7) is 0.139. The molecule has 2 aromatic rings. The van der Waals surface area contributed by atoms with Crippen molar-refractivity contribution < 1.29 is 22.1 Å². The minimum Gasteiger partial charge on any atom is -0.490 e. The Morgan fingerprint density at radius 3 is 2.48 bits per heavy atom. The van der Waals surface area contributed by atoms with Gasteiger partial charge in [-0.1, -0.05) is 36.4 Å². The number of hydrogen-bond acceptors (Lipinski definition) is 5. The van der Waals surface area contributed by atoms with Crippen molar-refractivity contribution in [2.45, 2.75) is 6.10 Å². The fraction of sp³-hybridized carbons (Fsp3) is 0.333. The minimum atomic E-state index is -3.48. The molecule has 0 aliphatic carbocycles. The van der Waals surface area contributed by atoms with Crippen molar-refractivity contribution in [1.29, 1.82) is 0 Å². The maximum Gasteiger partial charge on any atom is 0.264 e. The van der Waals surface area contributed by atoms with Crippen LogP contribution in [-0.2, 0) is 19.0 Å². The summed E-state index contributed by atoms with van der Waals surface area (Å²) in [4.78, 5) is 0. The number of hydrogen-bond donors (Lipinski definition) is 0. The average Bonchev–Trinajstić information content (AvgIpc) is 2.46. The fourth-order valence-electron chi connectivity index (χ4n) is 1.89. The highest BCUT2D eigenvalue weighted by Gasteiger charge is 2.13. The van der Waals surface area contributed by atoms with Crippen molar-refractivity contribution >= 4 is 20.9 Å². The van der Waals surface area contributed by atoms with Gasteiger partial charge in [0, 0.05) is 12.5 Å². The van der Waals surface area contributed by atoms with E-state index in [-0.39, 0.29) is 13.2 Å². The monoisotopic (exact) mass is 310 g/mol. The summed E-state index contributed by atoms with van der Waals surface area (Å²) in [6, 6.07) is 13.7. The summed E-state index contributed by atoms with van der Waals surface area (Å²) in [5, 5.41) is 2.08. The van der Waals surface area contributed by atoms with E-state index in [1.165, 1.54) is 7.11 Å². The third kappa shape index (κ3) is 4.70. The van der Waals surface area contributed by atoms with Crippen molar-refractivity contribution in [2.75, 3.05) is 26.6 Å². The first-order valence-electron chi connectivity index (χ1n) is 6.47. The molecule has 0 aliphatic rings. The highest BCUT2D eigenvalue weighted by atomic mass is 32.2. The van der Waals surface area contributed by atoms with Crippen LogP contribution < -0.4 is 4.74 Å². The van der Waals surface area contributed by atoms with Crippen molar-refractivity contribution in [3.8, 4) is 5.75 Å². The largest absolute Gasteiger partial charge is 0.490 e. The Balaban J connectivity index is 2.03. The van der Waals surface area contributed by atoms with Crippen LogP contribution in [-0.4, -0.2) is 41.1 Å². The van der Waals surface area contributed by atoms with Crippen molar-refractivity contribution in [1.82, 2.24) is 0 Å². The molecule has 0 spiro atoms. The second-order valence-electron chi connectivity index (χ2n) is 4.63. The van der Waals surface area contributed by atoms with E-state index in [4.69, 9.17) is 13.7 Å². The number of rotatable bonds is 7. The van der Waals surface area contributed by atoms with Gasteiger partial charge < -0.3 is 9.47 Å². The molecule has 2 rings (SSSR count). The number of methoxy groups -OCH3 is 1. The summed E-state index contributed by atoms with van der Waals surface area (Å²) in [6.07, 6.45) is 0.546. The molecule has 5 nitrogen and oxygen atoms in total. The van der Waals surface area contributed by atoms with Gasteiger partial charge in [-0.2, -0.15) is 8.42 Å². The Morgan fingerprint density at radius 2 is 1.76 bits per heavy atom. The summed E-state index contributed by atoms with van der Waals surface area (Å²) >= 11 is 0. The Labute approximate surface area is 124 Å². The molecule has 0 unspecified atom stereocenters. The first-order valence-corrected chi connectivity index (χ1v) is 8.29. The van der Waals surface area contributed by atoms with E-state index in [1.54, 1.807) is 0 Å². The lowest BCUT2D eigenvalue weighted by Gasteiger charge is -2.16. The SMILES string of the molecule is CO[C@H](COc1cccc2ccccc12)COS(C)(=O)=O. The molecule has 1 atom stereocenters. The van der Waals surface area contributed by atoms with Crippen LogP contribution in [0.1, 0.15) is 0 Å². The predicted molar refractivity (Wildman–Crippen MR) is 81.0 cm³/mol. The molecule has 21 heavy (non-hydrogen) atoms. The van der Waals surface area contributed by atoms with Crippen LogP contribution in [0, 0.1) is 0 Å². The zero-order chi connectivity index (χ0) is 15.3. The van der Waals surface area contributed by atoms with Crippen LogP contribution >= 0.6 is 0 Å². The first-order chi connectivity index (χ1) is 9.99. The van der Waals surface area contributed by atoms with E-state index in [1.807, 2.05) is 42.5 Å². The maximum absolute atomic E-state index is 11.0. The molecule has 114 valence electrons. The first kappa shape index (κ1) is 15.8. The Hall–Kier alpha value is -1.63. The highest BCUT2D eigenvalue weighted by Crippen LogP contribution is 2.25. The Kier molecular flexibility index (Phi) is 5.17. The van der Waals surface area contributed by atoms with Gasteiger partial charge in [-0.3, -0.25) is 4.18 Å². The average molecular weight is 310 g/mol. The van der Waals surface area contributed by atoms with E-state index in [2.05, 4.69) is 0 Å². The second kappa shape index (κ2) is 6.89. The molecule has 0 radical (unpaired) electrons. The number of benzene rings is 2. The molecule has 0 aliphatic heterocycles. The number of ether oxygens (including phenoxy) is 2. The van der Waals surface area contributed by atoms with Crippen molar-refractivity contribution in [2.24, 2.45) is 0 Å². The molecule has 6 heteroatoms. The Bertz CT molecular complexity index is 691. The molecule has 0 bridgehead atoms. The van der Waals surface area contributed by atoms with E-state index < -0.39 is 16.2 Å². The van der Waals surface area contributed by atoms with Gasteiger partial charge in [-0.05, 0) is 11.5 Å². The van der Waals surface area contributed by atoms with Gasteiger partial charge in [-0.15, -0.1) is 0 Å². The summed E-state index contributed by atoms with van der Waals surface area (Å²) in [7, 11) is -1.99. The van der Waals surface area contributed by atoms with Gasteiger partial charge in [-0.25, -0.2) is 0 Å². The third-order valence-electron chi connectivity index (χ3n) is 2.98. The molecule has 0 fully saturated rings. The van der Waals surface area contributed by atoms with Crippen LogP contribution in [0.25, 0.3) is 10.8 Å². The minimum absolute atomic E-state index is 0.0693. The predicted octanol–water partition coefficient (Wildman–Crippen LogP) is 2.21. The lowest BCUT2D eigenvalue weighted by molar-refractivity contribution is 0.0261. The molecule has 2 aromatic carbocycles. The van der Waals surface area contributed by atoms with Crippen LogP contribution in [0.2, 0.25) is 0 Å². The lowest BCUT2D eigenvalue weighted by atomic mass is 10.1. The zero-order valence-electron chi connectivity index (χ0n) is 12.0. The van der Waals surface area contributed by atoms with Gasteiger partial charge in [0.2, 0.25) is 0 Å². The lowest BCUT2D eigenvalue weighted by Crippen LogP contribution is -2.27. The third-order valence-corrected chi connectivity index (χ3v) is 3.54. The molecular weight excluding hydrogens is 292 g/mol. The zero-order valence-corrected chi connectivity index (χ0v) is 12.8. The van der Waals surface area contributed by atoms with E-state index in [0.29, 0.717) is 0 Å². The molecule has 0 heterocycles. The van der Waals surface area contributed by atoms with Crippen molar-refractivity contribution in [3.05, 3.63) is 42.5 Å². The maximum atomic E-state index is 11.0. The molecule has 0 saturated carbocycles. The molecule has 0 N–H and O–H groups in total. The second-order valence-corrected chi connectivity index (χ2v) is 6.28. The van der Waals surface area contributed by atoms with Gasteiger partial charge in [0.25, 0.3) is 10.1 Å². The molecule has 0 amide bonds. The van der Waals surface area contributed by atoms with Crippen LogP contribution in [0.15, 0.2) is 42.5 Å². The number of fused-ring (bicyclic) bond motifs is 1. The van der Waals surface area contributed by atoms with Gasteiger partial charge in [0.05, 0.1) is 12.9 Å². The fourth-order valence-corrected chi connectivity index (χ4v) is 2.29. The van der Waals surface area contributed by atoms with Crippen molar-refractivity contribution in [3.63, 3.8) is 0 Å². The van der Waals surface area contributed by atoms with E-state index in [9.17, 15) is 8.42 Å². The topological polar surface area (TPSA) is 61.8 Å². The van der Waals surface area contributed by atoms with Crippen LogP contribution in [0.3, 0.4) is 0 Å². The van der Waals surface area contributed by atoms with Gasteiger partial charge >= 0.3 is 0 Å². The highest BCUT2D eigenvalue weighted by molar-refractivity contribution is 7.85. The van der Waals surface area contributed by atoms with E-state index >= 15 is 0 Å². The van der Waals surface area contributed by atoms with Gasteiger partial charge in [0.15, 0.2) is 0 Å². The van der Waals surface area contributed by atoms with E-state index in [0.717, 1.165) is 22.8 Å². The van der Waals surface area contributed by atoms with Gasteiger partial charge in [0.1, 0.15) is 18.5 Å².